The van der Waals surface area contributed by atoms with Crippen molar-refractivity contribution in [3.8, 4) is 5.75 Å². The van der Waals surface area contributed by atoms with Crippen LogP contribution < -0.4 is 9.64 Å². The third kappa shape index (κ3) is 6.08. The molecule has 28 heavy (non-hydrogen) atoms. The van der Waals surface area contributed by atoms with E-state index < -0.39 is 6.10 Å². The SMILES string of the molecule is CCCCOc1ccc([C@H](O)[C@@H](C[NH+]2CCCCCC2)c2ccccc2)cc1. The first-order valence-electron chi connectivity index (χ1n) is 11.1. The van der Waals surface area contributed by atoms with E-state index in [-0.39, 0.29) is 5.92 Å². The molecule has 0 amide bonds. The molecule has 2 aromatic rings. The topological polar surface area (TPSA) is 33.9 Å². The molecule has 1 aliphatic heterocycles. The van der Waals surface area contributed by atoms with Crippen LogP contribution in [0.1, 0.15) is 68.6 Å². The molecule has 0 spiro atoms. The Bertz CT molecular complexity index is 663. The molecule has 1 aliphatic rings. The zero-order valence-electron chi connectivity index (χ0n) is 17.3. The maximum absolute atomic E-state index is 11.3. The van der Waals surface area contributed by atoms with Gasteiger partial charge in [-0.15, -0.1) is 0 Å². The first-order valence-corrected chi connectivity index (χ1v) is 11.1. The van der Waals surface area contributed by atoms with Gasteiger partial charge in [0, 0.05) is 0 Å². The maximum atomic E-state index is 11.3. The molecule has 0 aromatic heterocycles. The Balaban J connectivity index is 1.73. The second kappa shape index (κ2) is 11.2. The van der Waals surface area contributed by atoms with Crippen LogP contribution in [0.4, 0.5) is 0 Å². The lowest BCUT2D eigenvalue weighted by Gasteiger charge is -2.28. The highest BCUT2D eigenvalue weighted by atomic mass is 16.5. The number of rotatable bonds is 9. The molecule has 152 valence electrons. The van der Waals surface area contributed by atoms with Crippen molar-refractivity contribution in [3.63, 3.8) is 0 Å². The lowest BCUT2D eigenvalue weighted by molar-refractivity contribution is -0.901. The van der Waals surface area contributed by atoms with Crippen LogP contribution in [-0.2, 0) is 0 Å². The molecule has 2 atom stereocenters. The van der Waals surface area contributed by atoms with Crippen LogP contribution in [0.25, 0.3) is 0 Å². The fourth-order valence-corrected chi connectivity index (χ4v) is 4.18. The van der Waals surface area contributed by atoms with Gasteiger partial charge in [-0.05, 0) is 55.4 Å². The summed E-state index contributed by atoms with van der Waals surface area (Å²) in [5, 5.41) is 11.3. The van der Waals surface area contributed by atoms with Gasteiger partial charge in [0.1, 0.15) is 5.75 Å². The summed E-state index contributed by atoms with van der Waals surface area (Å²) in [6.07, 6.45) is 7.01. The van der Waals surface area contributed by atoms with Crippen molar-refractivity contribution in [3.05, 3.63) is 65.7 Å². The number of ether oxygens (including phenoxy) is 1. The average Bonchev–Trinajstić information content (AvgIpc) is 3.02. The summed E-state index contributed by atoms with van der Waals surface area (Å²) in [5.41, 5.74) is 2.21. The summed E-state index contributed by atoms with van der Waals surface area (Å²) in [6.45, 7) is 6.35. The number of likely N-dealkylation sites (tertiary alicyclic amines) is 1. The van der Waals surface area contributed by atoms with Crippen LogP contribution >= 0.6 is 0 Å². The lowest BCUT2D eigenvalue weighted by atomic mass is 9.88. The fourth-order valence-electron chi connectivity index (χ4n) is 4.18. The molecule has 3 rings (SSSR count). The molecular weight excluding hydrogens is 346 g/mol. The Hall–Kier alpha value is -1.84. The summed E-state index contributed by atoms with van der Waals surface area (Å²) in [7, 11) is 0. The summed E-state index contributed by atoms with van der Waals surface area (Å²) in [5.74, 6) is 1.000. The minimum Gasteiger partial charge on any atom is -0.494 e. The average molecular weight is 383 g/mol. The molecule has 0 saturated carbocycles. The predicted octanol–water partition coefficient (Wildman–Crippen LogP) is 4.14. The van der Waals surface area contributed by atoms with Gasteiger partial charge in [-0.1, -0.05) is 55.8 Å². The summed E-state index contributed by atoms with van der Waals surface area (Å²) >= 11 is 0. The van der Waals surface area contributed by atoms with E-state index in [1.807, 2.05) is 30.3 Å². The molecule has 3 heteroatoms. The monoisotopic (exact) mass is 382 g/mol. The van der Waals surface area contributed by atoms with Crippen LogP contribution in [0.5, 0.6) is 5.75 Å². The Labute approximate surface area is 170 Å². The highest BCUT2D eigenvalue weighted by Gasteiger charge is 2.28. The third-order valence-corrected chi connectivity index (χ3v) is 5.92. The molecular formula is C25H36NO2+. The Morgan fingerprint density at radius 2 is 1.57 bits per heavy atom. The second-order valence-electron chi connectivity index (χ2n) is 8.10. The number of nitrogens with one attached hydrogen (secondary N) is 1. The molecule has 0 bridgehead atoms. The van der Waals surface area contributed by atoms with E-state index in [1.54, 1.807) is 4.90 Å². The van der Waals surface area contributed by atoms with E-state index in [1.165, 1.54) is 44.3 Å². The Morgan fingerprint density at radius 1 is 0.893 bits per heavy atom. The van der Waals surface area contributed by atoms with Crippen molar-refractivity contribution in [1.29, 1.82) is 0 Å². The third-order valence-electron chi connectivity index (χ3n) is 5.92. The zero-order chi connectivity index (χ0) is 19.6. The maximum Gasteiger partial charge on any atom is 0.119 e. The molecule has 0 aliphatic carbocycles. The number of benzene rings is 2. The Kier molecular flexibility index (Phi) is 8.38. The van der Waals surface area contributed by atoms with Gasteiger partial charge in [0.05, 0.1) is 38.3 Å². The van der Waals surface area contributed by atoms with Gasteiger partial charge in [0.25, 0.3) is 0 Å². The van der Waals surface area contributed by atoms with Crippen LogP contribution in [0.2, 0.25) is 0 Å². The number of hydrogen-bond acceptors (Lipinski definition) is 2. The van der Waals surface area contributed by atoms with Gasteiger partial charge in [0.2, 0.25) is 0 Å². The molecule has 0 radical (unpaired) electrons. The van der Waals surface area contributed by atoms with Gasteiger partial charge in [-0.2, -0.15) is 0 Å². The number of aliphatic hydroxyl groups excluding tert-OH is 1. The summed E-state index contributed by atoms with van der Waals surface area (Å²) < 4.78 is 5.78. The lowest BCUT2D eigenvalue weighted by Crippen LogP contribution is -3.12. The quantitative estimate of drug-likeness (QED) is 0.639. The van der Waals surface area contributed by atoms with Crippen molar-refractivity contribution in [2.24, 2.45) is 0 Å². The van der Waals surface area contributed by atoms with Gasteiger partial charge < -0.3 is 14.7 Å². The molecule has 1 saturated heterocycles. The highest BCUT2D eigenvalue weighted by molar-refractivity contribution is 5.31. The minimum absolute atomic E-state index is 0.112. The standard InChI is InChI=1S/C25H35NO2/c1-2-3-19-28-23-15-13-22(14-16-23)25(27)24(21-11-7-6-8-12-21)20-26-17-9-4-5-10-18-26/h6-8,11-16,24-25,27H,2-5,9-10,17-20H2,1H3/p+1/t24-,25-/m0/s1. The van der Waals surface area contributed by atoms with Crippen LogP contribution in [0, 0.1) is 0 Å². The normalized spacial score (nSPS) is 17.6. The molecule has 1 fully saturated rings. The smallest absolute Gasteiger partial charge is 0.119 e. The number of quaternary nitrogens is 1. The van der Waals surface area contributed by atoms with Gasteiger partial charge in [-0.3, -0.25) is 0 Å². The van der Waals surface area contributed by atoms with Crippen molar-refractivity contribution < 1.29 is 14.7 Å². The fraction of sp³-hybridized carbons (Fsp3) is 0.520. The van der Waals surface area contributed by atoms with Crippen molar-refractivity contribution in [2.45, 2.75) is 57.5 Å². The van der Waals surface area contributed by atoms with E-state index in [4.69, 9.17) is 4.74 Å². The number of unbranched alkanes of at least 4 members (excludes halogenated alkanes) is 1. The molecule has 1 heterocycles. The Morgan fingerprint density at radius 3 is 2.21 bits per heavy atom. The van der Waals surface area contributed by atoms with E-state index in [9.17, 15) is 5.11 Å². The second-order valence-corrected chi connectivity index (χ2v) is 8.10. The first kappa shape index (κ1) is 20.9. The highest BCUT2D eigenvalue weighted by Crippen LogP contribution is 2.31. The zero-order valence-corrected chi connectivity index (χ0v) is 17.3. The van der Waals surface area contributed by atoms with Crippen molar-refractivity contribution in [1.82, 2.24) is 0 Å². The molecule has 2 N–H and O–H groups in total. The van der Waals surface area contributed by atoms with E-state index in [2.05, 4.69) is 31.2 Å². The molecule has 3 nitrogen and oxygen atoms in total. The van der Waals surface area contributed by atoms with Crippen LogP contribution in [0.3, 0.4) is 0 Å². The van der Waals surface area contributed by atoms with Gasteiger partial charge >= 0.3 is 0 Å². The van der Waals surface area contributed by atoms with E-state index >= 15 is 0 Å². The van der Waals surface area contributed by atoms with Gasteiger partial charge in [0.15, 0.2) is 0 Å². The van der Waals surface area contributed by atoms with Crippen LogP contribution in [-0.4, -0.2) is 31.3 Å². The van der Waals surface area contributed by atoms with E-state index in [0.29, 0.717) is 0 Å². The number of hydrogen-bond donors (Lipinski definition) is 2. The predicted molar refractivity (Wildman–Crippen MR) is 115 cm³/mol. The van der Waals surface area contributed by atoms with Crippen molar-refractivity contribution in [2.75, 3.05) is 26.2 Å². The summed E-state index contributed by atoms with van der Waals surface area (Å²) in [6, 6.07) is 18.6. The summed E-state index contributed by atoms with van der Waals surface area (Å²) in [4.78, 5) is 1.63. The van der Waals surface area contributed by atoms with Crippen LogP contribution in [0.15, 0.2) is 54.6 Å². The van der Waals surface area contributed by atoms with Gasteiger partial charge in [-0.25, -0.2) is 0 Å². The number of aliphatic hydroxyl groups is 1. The minimum atomic E-state index is -0.497. The van der Waals surface area contributed by atoms with E-state index in [0.717, 1.165) is 37.3 Å². The molecule has 0 unspecified atom stereocenters. The van der Waals surface area contributed by atoms with Crippen molar-refractivity contribution >= 4 is 0 Å². The largest absolute Gasteiger partial charge is 0.494 e. The molecule has 2 aromatic carbocycles. The first-order chi connectivity index (χ1) is 13.8.